The quantitative estimate of drug-likeness (QED) is 0.803. The Morgan fingerprint density at radius 3 is 2.79 bits per heavy atom. The van der Waals surface area contributed by atoms with Gasteiger partial charge < -0.3 is 14.5 Å². The van der Waals surface area contributed by atoms with Crippen molar-refractivity contribution >= 4 is 11.6 Å². The lowest BCUT2D eigenvalue weighted by Gasteiger charge is -2.34. The molecule has 4 nitrogen and oxygen atoms in total. The van der Waals surface area contributed by atoms with Gasteiger partial charge >= 0.3 is 0 Å². The number of aryl methyl sites for hydroxylation is 1. The summed E-state index contributed by atoms with van der Waals surface area (Å²) < 4.78 is 5.29. The maximum absolute atomic E-state index is 12.3. The van der Waals surface area contributed by atoms with Crippen molar-refractivity contribution in [1.29, 1.82) is 0 Å². The van der Waals surface area contributed by atoms with Crippen molar-refractivity contribution in [3.8, 4) is 0 Å². The first-order chi connectivity index (χ1) is 9.34. The number of amides is 1. The fourth-order valence-corrected chi connectivity index (χ4v) is 2.85. The molecule has 0 unspecified atom stereocenters. The molecular formula is C15H20N2O2. The second-order valence-electron chi connectivity index (χ2n) is 5.15. The van der Waals surface area contributed by atoms with E-state index in [4.69, 9.17) is 4.74 Å². The van der Waals surface area contributed by atoms with Crippen LogP contribution in [-0.4, -0.2) is 50.2 Å². The summed E-state index contributed by atoms with van der Waals surface area (Å²) >= 11 is 0. The van der Waals surface area contributed by atoms with Crippen molar-refractivity contribution < 1.29 is 9.53 Å². The van der Waals surface area contributed by atoms with Crippen LogP contribution in [0.5, 0.6) is 0 Å². The summed E-state index contributed by atoms with van der Waals surface area (Å²) in [7, 11) is 0. The molecule has 0 bridgehead atoms. The van der Waals surface area contributed by atoms with Gasteiger partial charge in [-0.15, -0.1) is 0 Å². The maximum Gasteiger partial charge on any atom is 0.242 e. The molecule has 2 heterocycles. The topological polar surface area (TPSA) is 32.8 Å². The van der Waals surface area contributed by atoms with Crippen LogP contribution < -0.4 is 4.90 Å². The highest BCUT2D eigenvalue weighted by Crippen LogP contribution is 2.26. The largest absolute Gasteiger partial charge is 0.378 e. The average molecular weight is 260 g/mol. The van der Waals surface area contributed by atoms with Gasteiger partial charge in [-0.3, -0.25) is 4.79 Å². The molecular weight excluding hydrogens is 240 g/mol. The third-order valence-electron chi connectivity index (χ3n) is 3.90. The Morgan fingerprint density at radius 2 is 1.95 bits per heavy atom. The predicted octanol–water partition coefficient (Wildman–Crippen LogP) is 1.30. The lowest BCUT2D eigenvalue weighted by molar-refractivity contribution is -0.133. The second-order valence-corrected chi connectivity index (χ2v) is 5.15. The van der Waals surface area contributed by atoms with E-state index < -0.39 is 0 Å². The highest BCUT2D eigenvalue weighted by molar-refractivity contribution is 5.82. The maximum atomic E-state index is 12.3. The summed E-state index contributed by atoms with van der Waals surface area (Å²) in [5, 5.41) is 0. The third-order valence-corrected chi connectivity index (χ3v) is 3.90. The lowest BCUT2D eigenvalue weighted by Crippen LogP contribution is -2.46. The van der Waals surface area contributed by atoms with Gasteiger partial charge in [-0.25, -0.2) is 0 Å². The summed E-state index contributed by atoms with van der Waals surface area (Å²) in [6, 6.07) is 8.42. The molecule has 0 radical (unpaired) electrons. The van der Waals surface area contributed by atoms with Gasteiger partial charge in [0.25, 0.3) is 0 Å². The molecule has 1 fully saturated rings. The summed E-state index contributed by atoms with van der Waals surface area (Å²) in [6.07, 6.45) is 2.26. The van der Waals surface area contributed by atoms with Crippen molar-refractivity contribution in [3.05, 3.63) is 29.8 Å². The van der Waals surface area contributed by atoms with Crippen molar-refractivity contribution in [3.63, 3.8) is 0 Å². The predicted molar refractivity (Wildman–Crippen MR) is 74.4 cm³/mol. The molecule has 1 aromatic rings. The number of hydrogen-bond donors (Lipinski definition) is 0. The summed E-state index contributed by atoms with van der Waals surface area (Å²) in [4.78, 5) is 16.4. The first-order valence-corrected chi connectivity index (χ1v) is 7.03. The van der Waals surface area contributed by atoms with E-state index in [9.17, 15) is 4.79 Å². The fourth-order valence-electron chi connectivity index (χ4n) is 2.85. The monoisotopic (exact) mass is 260 g/mol. The molecule has 19 heavy (non-hydrogen) atoms. The van der Waals surface area contributed by atoms with Gasteiger partial charge in [0, 0.05) is 25.3 Å². The molecule has 0 aromatic heterocycles. The van der Waals surface area contributed by atoms with Crippen LogP contribution in [0.2, 0.25) is 0 Å². The number of carbonyl (C=O) groups is 1. The average Bonchev–Trinajstić information content (AvgIpc) is 2.48. The molecule has 0 spiro atoms. The molecule has 4 heteroatoms. The number of para-hydroxylation sites is 1. The van der Waals surface area contributed by atoms with E-state index in [2.05, 4.69) is 29.2 Å². The Kier molecular flexibility index (Phi) is 3.69. The van der Waals surface area contributed by atoms with Crippen LogP contribution in [0.3, 0.4) is 0 Å². The van der Waals surface area contributed by atoms with Crippen LogP contribution in [0.15, 0.2) is 24.3 Å². The molecule has 2 aliphatic rings. The fraction of sp³-hybridized carbons (Fsp3) is 0.533. The van der Waals surface area contributed by atoms with E-state index >= 15 is 0 Å². The molecule has 0 N–H and O–H groups in total. The second kappa shape index (κ2) is 5.61. The van der Waals surface area contributed by atoms with Crippen molar-refractivity contribution in [2.45, 2.75) is 12.8 Å². The molecule has 0 aliphatic carbocycles. The van der Waals surface area contributed by atoms with Crippen LogP contribution in [0, 0.1) is 0 Å². The van der Waals surface area contributed by atoms with Gasteiger partial charge in [0.2, 0.25) is 5.91 Å². The Morgan fingerprint density at radius 1 is 1.16 bits per heavy atom. The Bertz CT molecular complexity index is 455. The zero-order valence-electron chi connectivity index (χ0n) is 11.2. The number of benzene rings is 1. The van der Waals surface area contributed by atoms with Gasteiger partial charge in [-0.05, 0) is 24.5 Å². The number of nitrogens with zero attached hydrogens (tertiary/aromatic N) is 2. The van der Waals surface area contributed by atoms with E-state index in [0.29, 0.717) is 19.8 Å². The smallest absolute Gasteiger partial charge is 0.242 e. The molecule has 3 rings (SSSR count). The highest BCUT2D eigenvalue weighted by Gasteiger charge is 2.22. The highest BCUT2D eigenvalue weighted by atomic mass is 16.5. The SMILES string of the molecule is O=C(CN1CCCc2ccccc21)N1CCOCC1. The Hall–Kier alpha value is -1.55. The van der Waals surface area contributed by atoms with Crippen LogP contribution >= 0.6 is 0 Å². The van der Waals surface area contributed by atoms with Crippen molar-refractivity contribution in [2.24, 2.45) is 0 Å². The molecule has 0 atom stereocenters. The first kappa shape index (κ1) is 12.5. The van der Waals surface area contributed by atoms with Gasteiger partial charge in [-0.2, -0.15) is 0 Å². The third kappa shape index (κ3) is 2.73. The number of hydrogen-bond acceptors (Lipinski definition) is 3. The summed E-state index contributed by atoms with van der Waals surface area (Å²) in [6.45, 7) is 4.28. The van der Waals surface area contributed by atoms with Crippen LogP contribution in [0.1, 0.15) is 12.0 Å². The molecule has 1 saturated heterocycles. The van der Waals surface area contributed by atoms with Crippen LogP contribution in [0.4, 0.5) is 5.69 Å². The van der Waals surface area contributed by atoms with Gasteiger partial charge in [0.15, 0.2) is 0 Å². The molecule has 0 saturated carbocycles. The van der Waals surface area contributed by atoms with Gasteiger partial charge in [0.05, 0.1) is 19.8 Å². The number of fused-ring (bicyclic) bond motifs is 1. The zero-order chi connectivity index (χ0) is 13.1. The van der Waals surface area contributed by atoms with Gasteiger partial charge in [0.1, 0.15) is 0 Å². The van der Waals surface area contributed by atoms with Gasteiger partial charge in [-0.1, -0.05) is 18.2 Å². The standard InChI is InChI=1S/C15H20N2O2/c18-15(16-8-10-19-11-9-16)12-17-7-3-5-13-4-1-2-6-14(13)17/h1-2,4,6H,3,5,7-12H2. The minimum atomic E-state index is 0.222. The van der Waals surface area contributed by atoms with E-state index in [1.54, 1.807) is 0 Å². The summed E-state index contributed by atoms with van der Waals surface area (Å²) in [5.41, 5.74) is 2.60. The number of rotatable bonds is 2. The molecule has 1 amide bonds. The van der Waals surface area contributed by atoms with E-state index in [0.717, 1.165) is 32.5 Å². The number of morpholine rings is 1. The number of ether oxygens (including phenoxy) is 1. The summed E-state index contributed by atoms with van der Waals surface area (Å²) in [5.74, 6) is 0.222. The van der Waals surface area contributed by atoms with E-state index in [1.165, 1.54) is 11.3 Å². The number of carbonyl (C=O) groups excluding carboxylic acids is 1. The van der Waals surface area contributed by atoms with E-state index in [1.807, 2.05) is 4.90 Å². The van der Waals surface area contributed by atoms with Crippen molar-refractivity contribution in [1.82, 2.24) is 4.90 Å². The van der Waals surface area contributed by atoms with E-state index in [-0.39, 0.29) is 5.91 Å². The first-order valence-electron chi connectivity index (χ1n) is 7.03. The van der Waals surface area contributed by atoms with Crippen LogP contribution in [-0.2, 0) is 16.0 Å². The Labute approximate surface area is 113 Å². The normalized spacial score (nSPS) is 19.2. The van der Waals surface area contributed by atoms with Crippen molar-refractivity contribution in [2.75, 3.05) is 44.3 Å². The zero-order valence-corrected chi connectivity index (χ0v) is 11.2. The minimum Gasteiger partial charge on any atom is -0.378 e. The molecule has 1 aromatic carbocycles. The molecule has 102 valence electrons. The van der Waals surface area contributed by atoms with Crippen LogP contribution in [0.25, 0.3) is 0 Å². The Balaban J connectivity index is 1.68. The number of anilines is 1. The minimum absolute atomic E-state index is 0.222. The lowest BCUT2D eigenvalue weighted by atomic mass is 10.0. The molecule has 2 aliphatic heterocycles.